The normalized spacial score (nSPS) is 17.5. The molecule has 0 aliphatic heterocycles. The number of nitrogens with one attached hydrogen (secondary N) is 2. The van der Waals surface area contributed by atoms with Crippen molar-refractivity contribution in [1.82, 2.24) is 5.32 Å². The minimum atomic E-state index is -0.126. The second kappa shape index (κ2) is 7.40. The van der Waals surface area contributed by atoms with Gasteiger partial charge in [0.1, 0.15) is 0 Å². The van der Waals surface area contributed by atoms with Gasteiger partial charge in [0.05, 0.1) is 10.9 Å². The molecular weight excluding hydrogens is 332 g/mol. The van der Waals surface area contributed by atoms with Gasteiger partial charge in [-0.3, -0.25) is 9.59 Å². The molecule has 1 aliphatic carbocycles. The van der Waals surface area contributed by atoms with E-state index in [4.69, 9.17) is 0 Å². The molecule has 1 aromatic heterocycles. The van der Waals surface area contributed by atoms with Crippen LogP contribution in [0.15, 0.2) is 30.3 Å². The Kier molecular flexibility index (Phi) is 5.23. The van der Waals surface area contributed by atoms with E-state index in [2.05, 4.69) is 23.6 Å². The van der Waals surface area contributed by atoms with Gasteiger partial charge in [0.25, 0.3) is 5.91 Å². The molecule has 0 spiro atoms. The lowest BCUT2D eigenvalue weighted by Gasteiger charge is -2.16. The van der Waals surface area contributed by atoms with Crippen LogP contribution in [0.2, 0.25) is 0 Å². The topological polar surface area (TPSA) is 58.2 Å². The van der Waals surface area contributed by atoms with Gasteiger partial charge in [0.15, 0.2) is 0 Å². The molecule has 2 atom stereocenters. The number of rotatable bonds is 4. The molecule has 5 heteroatoms. The van der Waals surface area contributed by atoms with Crippen LogP contribution in [0.25, 0.3) is 0 Å². The van der Waals surface area contributed by atoms with Crippen molar-refractivity contribution in [2.45, 2.75) is 46.1 Å². The Morgan fingerprint density at radius 1 is 1.28 bits per heavy atom. The van der Waals surface area contributed by atoms with Crippen LogP contribution >= 0.6 is 11.3 Å². The maximum Gasteiger partial charge on any atom is 0.261 e. The molecule has 3 rings (SSSR count). The molecular formula is C20H24N2O2S. The highest BCUT2D eigenvalue weighted by Crippen LogP contribution is 2.32. The van der Waals surface area contributed by atoms with Gasteiger partial charge in [-0.05, 0) is 61.4 Å². The summed E-state index contributed by atoms with van der Waals surface area (Å²) < 4.78 is 0. The lowest BCUT2D eigenvalue weighted by molar-refractivity contribution is -0.114. The monoisotopic (exact) mass is 356 g/mol. The quantitative estimate of drug-likeness (QED) is 0.857. The number of carbonyl (C=O) groups is 2. The van der Waals surface area contributed by atoms with Crippen LogP contribution in [0, 0.1) is 5.92 Å². The summed E-state index contributed by atoms with van der Waals surface area (Å²) in [4.78, 5) is 26.0. The molecule has 0 bridgehead atoms. The third-order valence-corrected chi connectivity index (χ3v) is 5.84. The number of benzene rings is 1. The van der Waals surface area contributed by atoms with Crippen LogP contribution < -0.4 is 10.6 Å². The lowest BCUT2D eigenvalue weighted by atomic mass is 9.90. The third-order valence-electron chi connectivity index (χ3n) is 4.61. The fourth-order valence-corrected chi connectivity index (χ4v) is 4.37. The van der Waals surface area contributed by atoms with Crippen LogP contribution in [0.4, 0.5) is 5.69 Å². The number of carbonyl (C=O) groups excluding carboxylic acids is 2. The van der Waals surface area contributed by atoms with Crippen LogP contribution in [0.3, 0.4) is 0 Å². The van der Waals surface area contributed by atoms with Gasteiger partial charge in [0, 0.05) is 17.5 Å². The van der Waals surface area contributed by atoms with E-state index in [-0.39, 0.29) is 17.9 Å². The molecule has 2 aromatic rings. The average Bonchev–Trinajstić information content (AvgIpc) is 2.97. The Hall–Kier alpha value is -2.14. The maximum absolute atomic E-state index is 12.6. The second-order valence-electron chi connectivity index (χ2n) is 6.91. The van der Waals surface area contributed by atoms with E-state index < -0.39 is 0 Å². The van der Waals surface area contributed by atoms with Crippen LogP contribution in [-0.2, 0) is 17.6 Å². The number of thiophene rings is 1. The van der Waals surface area contributed by atoms with Gasteiger partial charge in [-0.2, -0.15) is 0 Å². The van der Waals surface area contributed by atoms with Crippen molar-refractivity contribution in [2.24, 2.45) is 5.92 Å². The largest absolute Gasteiger partial charge is 0.345 e. The van der Waals surface area contributed by atoms with Crippen molar-refractivity contribution in [1.29, 1.82) is 0 Å². The zero-order valence-corrected chi connectivity index (χ0v) is 15.7. The summed E-state index contributed by atoms with van der Waals surface area (Å²) in [6.45, 7) is 5.71. The number of amides is 2. The SMILES string of the molecule is CC(=O)Nc1cccc([C@H](C)NC(=O)c2cc3c(s2)CC[C@H](C)C3)c1. The first-order valence-corrected chi connectivity index (χ1v) is 9.54. The molecule has 0 fully saturated rings. The molecule has 1 aromatic carbocycles. The molecule has 25 heavy (non-hydrogen) atoms. The Labute approximate surface area is 152 Å². The fourth-order valence-electron chi connectivity index (χ4n) is 3.26. The smallest absolute Gasteiger partial charge is 0.261 e. The van der Waals surface area contributed by atoms with E-state index in [1.807, 2.05) is 31.2 Å². The van der Waals surface area contributed by atoms with Gasteiger partial charge in [0.2, 0.25) is 5.91 Å². The van der Waals surface area contributed by atoms with Crippen molar-refractivity contribution in [3.63, 3.8) is 0 Å². The summed E-state index contributed by atoms with van der Waals surface area (Å²) in [6.07, 6.45) is 3.37. The molecule has 1 heterocycles. The summed E-state index contributed by atoms with van der Waals surface area (Å²) in [5.41, 5.74) is 3.05. The van der Waals surface area contributed by atoms with Crippen molar-refractivity contribution in [3.8, 4) is 0 Å². The molecule has 0 saturated heterocycles. The Balaban J connectivity index is 1.69. The Bertz CT molecular complexity index is 797. The second-order valence-corrected chi connectivity index (χ2v) is 8.05. The molecule has 2 N–H and O–H groups in total. The number of aryl methyl sites for hydroxylation is 1. The molecule has 0 radical (unpaired) electrons. The number of hydrogen-bond acceptors (Lipinski definition) is 3. The Morgan fingerprint density at radius 3 is 2.84 bits per heavy atom. The van der Waals surface area contributed by atoms with Gasteiger partial charge >= 0.3 is 0 Å². The fraction of sp³-hybridized carbons (Fsp3) is 0.400. The third kappa shape index (κ3) is 4.28. The summed E-state index contributed by atoms with van der Waals surface area (Å²) >= 11 is 1.63. The molecule has 132 valence electrons. The predicted molar refractivity (Wildman–Crippen MR) is 102 cm³/mol. The number of hydrogen-bond donors (Lipinski definition) is 2. The summed E-state index contributed by atoms with van der Waals surface area (Å²) in [7, 11) is 0. The van der Waals surface area contributed by atoms with Gasteiger partial charge in [-0.1, -0.05) is 19.1 Å². The standard InChI is InChI=1S/C20H24N2O2S/c1-12-7-8-18-16(9-12)11-19(25-18)20(24)21-13(2)15-5-4-6-17(10-15)22-14(3)23/h4-6,10-13H,7-9H2,1-3H3,(H,21,24)(H,22,23)/t12-,13-/m0/s1. The first-order chi connectivity index (χ1) is 11.9. The average molecular weight is 356 g/mol. The highest BCUT2D eigenvalue weighted by atomic mass is 32.1. The molecule has 0 unspecified atom stereocenters. The van der Waals surface area contributed by atoms with Crippen LogP contribution in [0.5, 0.6) is 0 Å². The van der Waals surface area contributed by atoms with E-state index in [0.717, 1.165) is 29.0 Å². The number of fused-ring (bicyclic) bond motifs is 1. The molecule has 1 aliphatic rings. The van der Waals surface area contributed by atoms with Crippen molar-refractivity contribution in [3.05, 3.63) is 51.2 Å². The Morgan fingerprint density at radius 2 is 2.08 bits per heavy atom. The van der Waals surface area contributed by atoms with Crippen molar-refractivity contribution >= 4 is 28.8 Å². The number of anilines is 1. The van der Waals surface area contributed by atoms with E-state index in [0.29, 0.717) is 5.92 Å². The molecule has 2 amide bonds. The van der Waals surface area contributed by atoms with E-state index in [1.54, 1.807) is 11.3 Å². The zero-order chi connectivity index (χ0) is 18.0. The van der Waals surface area contributed by atoms with Crippen molar-refractivity contribution < 1.29 is 9.59 Å². The minimum Gasteiger partial charge on any atom is -0.345 e. The maximum atomic E-state index is 12.6. The summed E-state index contributed by atoms with van der Waals surface area (Å²) in [5.74, 6) is 0.574. The highest BCUT2D eigenvalue weighted by molar-refractivity contribution is 7.14. The zero-order valence-electron chi connectivity index (χ0n) is 14.9. The van der Waals surface area contributed by atoms with E-state index in [1.165, 1.54) is 23.8 Å². The summed E-state index contributed by atoms with van der Waals surface area (Å²) in [5, 5.41) is 5.84. The van der Waals surface area contributed by atoms with Crippen LogP contribution in [-0.4, -0.2) is 11.8 Å². The van der Waals surface area contributed by atoms with Crippen LogP contribution in [0.1, 0.15) is 58.9 Å². The predicted octanol–water partition coefficient (Wildman–Crippen LogP) is 4.32. The van der Waals surface area contributed by atoms with E-state index >= 15 is 0 Å². The molecule has 4 nitrogen and oxygen atoms in total. The van der Waals surface area contributed by atoms with Gasteiger partial charge in [-0.25, -0.2) is 0 Å². The minimum absolute atomic E-state index is 0.0236. The first kappa shape index (κ1) is 17.7. The van der Waals surface area contributed by atoms with Gasteiger partial charge in [-0.15, -0.1) is 11.3 Å². The van der Waals surface area contributed by atoms with E-state index in [9.17, 15) is 9.59 Å². The van der Waals surface area contributed by atoms with Crippen molar-refractivity contribution in [2.75, 3.05) is 5.32 Å². The van der Waals surface area contributed by atoms with Gasteiger partial charge < -0.3 is 10.6 Å². The molecule has 0 saturated carbocycles. The first-order valence-electron chi connectivity index (χ1n) is 8.72. The lowest BCUT2D eigenvalue weighted by Crippen LogP contribution is -2.26. The summed E-state index contributed by atoms with van der Waals surface area (Å²) in [6, 6.07) is 9.51. The highest BCUT2D eigenvalue weighted by Gasteiger charge is 2.21.